The number of aliphatic carboxylic acids is 1. The smallest absolute Gasteiger partial charge is 0.310 e. The Labute approximate surface area is 144 Å². The van der Waals surface area contributed by atoms with Gasteiger partial charge in [-0.1, -0.05) is 29.9 Å². The molecular formula is C19H18FNO4. The second-order valence-corrected chi connectivity index (χ2v) is 6.97. The number of anilines is 1. The van der Waals surface area contributed by atoms with Crippen LogP contribution in [0.2, 0.25) is 0 Å². The monoisotopic (exact) mass is 343 g/mol. The van der Waals surface area contributed by atoms with Gasteiger partial charge in [-0.3, -0.25) is 9.59 Å². The molecular weight excluding hydrogens is 325 g/mol. The normalized spacial score (nSPS) is 35.3. The number of hydrogen-bond acceptors (Lipinski definition) is 3. The number of para-hydroxylation sites is 1. The van der Waals surface area contributed by atoms with Crippen LogP contribution in [0.5, 0.6) is 0 Å². The first kappa shape index (κ1) is 16.0. The second-order valence-electron chi connectivity index (χ2n) is 6.97. The van der Waals surface area contributed by atoms with Gasteiger partial charge in [-0.2, -0.15) is 0 Å². The molecule has 0 unspecified atom stereocenters. The highest BCUT2D eigenvalue weighted by Gasteiger charge is 2.71. The van der Waals surface area contributed by atoms with Gasteiger partial charge in [-0.15, -0.1) is 6.58 Å². The van der Waals surface area contributed by atoms with Gasteiger partial charge in [0, 0.05) is 0 Å². The lowest BCUT2D eigenvalue weighted by Crippen LogP contribution is -2.45. The highest BCUT2D eigenvalue weighted by Crippen LogP contribution is 2.56. The van der Waals surface area contributed by atoms with Crippen LogP contribution in [-0.4, -0.2) is 34.7 Å². The average Bonchev–Trinajstić information content (AvgIpc) is 3.18. The number of halogens is 1. The summed E-state index contributed by atoms with van der Waals surface area (Å²) in [5.41, 5.74) is -0.0908. The number of carbonyl (C=O) groups is 2. The lowest BCUT2D eigenvalue weighted by atomic mass is 9.74. The number of ether oxygens (including phenoxy) is 1. The summed E-state index contributed by atoms with van der Waals surface area (Å²) in [6.07, 6.45) is 3.27. The first-order valence-corrected chi connectivity index (χ1v) is 8.19. The summed E-state index contributed by atoms with van der Waals surface area (Å²) >= 11 is 0. The van der Waals surface area contributed by atoms with Crippen LogP contribution in [0.1, 0.15) is 13.3 Å². The summed E-state index contributed by atoms with van der Waals surface area (Å²) < 4.78 is 20.4. The topological polar surface area (TPSA) is 66.8 Å². The Morgan fingerprint density at radius 1 is 1.44 bits per heavy atom. The van der Waals surface area contributed by atoms with Gasteiger partial charge in [0.25, 0.3) is 0 Å². The molecule has 4 rings (SSSR count). The van der Waals surface area contributed by atoms with Gasteiger partial charge in [0.15, 0.2) is 0 Å². The number of carbonyl (C=O) groups excluding carboxylic acids is 1. The van der Waals surface area contributed by atoms with Crippen molar-refractivity contribution >= 4 is 17.6 Å². The van der Waals surface area contributed by atoms with Crippen molar-refractivity contribution in [2.24, 2.45) is 11.8 Å². The third-order valence-corrected chi connectivity index (χ3v) is 5.36. The number of amides is 1. The lowest BCUT2D eigenvalue weighted by molar-refractivity contribution is -0.146. The Bertz CT molecular complexity index is 819. The van der Waals surface area contributed by atoms with Crippen molar-refractivity contribution < 1.29 is 23.8 Å². The second kappa shape index (κ2) is 5.26. The van der Waals surface area contributed by atoms with Crippen LogP contribution in [0, 0.1) is 17.7 Å². The molecule has 5 atom stereocenters. The van der Waals surface area contributed by atoms with Crippen LogP contribution in [0.3, 0.4) is 0 Å². The molecule has 1 aromatic carbocycles. The minimum absolute atomic E-state index is 0.145. The third-order valence-electron chi connectivity index (χ3n) is 5.36. The number of rotatable bonds is 4. The highest BCUT2D eigenvalue weighted by molar-refractivity contribution is 6.03. The maximum Gasteiger partial charge on any atom is 0.310 e. The van der Waals surface area contributed by atoms with Gasteiger partial charge >= 0.3 is 5.97 Å². The van der Waals surface area contributed by atoms with Crippen molar-refractivity contribution in [3.05, 3.63) is 54.4 Å². The van der Waals surface area contributed by atoms with Crippen LogP contribution >= 0.6 is 0 Å². The molecule has 5 nitrogen and oxygen atoms in total. The fraction of sp³-hybridized carbons (Fsp3) is 0.368. The van der Waals surface area contributed by atoms with E-state index < -0.39 is 47.3 Å². The molecule has 3 aliphatic heterocycles. The summed E-state index contributed by atoms with van der Waals surface area (Å²) in [4.78, 5) is 26.3. The minimum atomic E-state index is -1.07. The zero-order chi connectivity index (χ0) is 17.9. The molecule has 3 heterocycles. The van der Waals surface area contributed by atoms with E-state index in [1.807, 2.05) is 6.92 Å². The van der Waals surface area contributed by atoms with Crippen molar-refractivity contribution in [1.29, 1.82) is 0 Å². The number of hydrogen-bond donors (Lipinski definition) is 1. The molecule has 130 valence electrons. The van der Waals surface area contributed by atoms with E-state index in [1.165, 1.54) is 17.0 Å². The molecule has 2 fully saturated rings. The average molecular weight is 343 g/mol. The summed E-state index contributed by atoms with van der Waals surface area (Å²) in [5, 5.41) is 9.60. The van der Waals surface area contributed by atoms with E-state index in [4.69, 9.17) is 4.74 Å². The molecule has 1 aromatic rings. The quantitative estimate of drug-likeness (QED) is 0.853. The SMILES string of the molecule is C=C(C)C[C@@H]1N(c2ccccc2F)C(=O)[C@H]2[C@@H](C(=O)O)[C@H]3C=C[C@]12O3. The largest absolute Gasteiger partial charge is 0.481 e. The van der Waals surface area contributed by atoms with Gasteiger partial charge in [0.2, 0.25) is 5.91 Å². The van der Waals surface area contributed by atoms with E-state index in [0.717, 1.165) is 5.57 Å². The van der Waals surface area contributed by atoms with Crippen LogP contribution in [-0.2, 0) is 14.3 Å². The van der Waals surface area contributed by atoms with Crippen molar-refractivity contribution in [3.63, 3.8) is 0 Å². The van der Waals surface area contributed by atoms with Crippen LogP contribution < -0.4 is 4.90 Å². The predicted molar refractivity (Wildman–Crippen MR) is 88.5 cm³/mol. The van der Waals surface area contributed by atoms with Crippen LogP contribution in [0.25, 0.3) is 0 Å². The van der Waals surface area contributed by atoms with Crippen molar-refractivity contribution in [2.75, 3.05) is 4.90 Å². The van der Waals surface area contributed by atoms with E-state index in [0.29, 0.717) is 6.42 Å². The lowest BCUT2D eigenvalue weighted by Gasteiger charge is -2.33. The molecule has 0 aliphatic carbocycles. The Hall–Kier alpha value is -2.47. The van der Waals surface area contributed by atoms with Crippen molar-refractivity contribution in [3.8, 4) is 0 Å². The molecule has 3 aliphatic rings. The van der Waals surface area contributed by atoms with E-state index in [2.05, 4.69) is 6.58 Å². The molecule has 2 saturated heterocycles. The van der Waals surface area contributed by atoms with E-state index in [1.54, 1.807) is 24.3 Å². The Morgan fingerprint density at radius 2 is 2.16 bits per heavy atom. The molecule has 1 N–H and O–H groups in total. The summed E-state index contributed by atoms with van der Waals surface area (Å²) in [6.45, 7) is 5.74. The number of benzene rings is 1. The molecule has 1 spiro atoms. The molecule has 0 radical (unpaired) electrons. The minimum Gasteiger partial charge on any atom is -0.481 e. The standard InChI is InChI=1S/C19H18FNO4/c1-10(2)9-14-19-8-7-13(25-19)15(18(23)24)16(19)17(22)21(14)12-6-4-3-5-11(12)20/h3-8,13-16H,1,9H2,2H3,(H,23,24)/t13-,14+,15+,16-,19+/m1/s1. The Morgan fingerprint density at radius 3 is 2.80 bits per heavy atom. The van der Waals surface area contributed by atoms with Gasteiger partial charge in [0.05, 0.1) is 23.8 Å². The Kier molecular flexibility index (Phi) is 3.37. The number of fused-ring (bicyclic) bond motifs is 1. The molecule has 25 heavy (non-hydrogen) atoms. The fourth-order valence-electron chi connectivity index (χ4n) is 4.45. The first-order valence-electron chi connectivity index (χ1n) is 8.19. The van der Waals surface area contributed by atoms with E-state index >= 15 is 0 Å². The van der Waals surface area contributed by atoms with E-state index in [9.17, 15) is 19.1 Å². The predicted octanol–water partition coefficient (Wildman–Crippen LogP) is 2.53. The number of nitrogens with zero attached hydrogens (tertiary/aromatic N) is 1. The molecule has 6 heteroatoms. The van der Waals surface area contributed by atoms with Gasteiger partial charge in [-0.05, 0) is 25.5 Å². The summed E-state index contributed by atoms with van der Waals surface area (Å²) in [6, 6.07) is 5.49. The number of carboxylic acids is 1. The zero-order valence-corrected chi connectivity index (χ0v) is 13.7. The maximum absolute atomic E-state index is 14.4. The molecule has 1 amide bonds. The fourth-order valence-corrected chi connectivity index (χ4v) is 4.45. The highest BCUT2D eigenvalue weighted by atomic mass is 19.1. The summed E-state index contributed by atoms with van der Waals surface area (Å²) in [7, 11) is 0. The van der Waals surface area contributed by atoms with Crippen molar-refractivity contribution in [1.82, 2.24) is 0 Å². The molecule has 2 bridgehead atoms. The van der Waals surface area contributed by atoms with Gasteiger partial charge in [0.1, 0.15) is 17.3 Å². The molecule has 0 saturated carbocycles. The summed E-state index contributed by atoms with van der Waals surface area (Å²) in [5.74, 6) is -3.81. The van der Waals surface area contributed by atoms with Crippen LogP contribution in [0.4, 0.5) is 10.1 Å². The Balaban J connectivity index is 1.87. The molecule has 0 aromatic heterocycles. The van der Waals surface area contributed by atoms with E-state index in [-0.39, 0.29) is 5.69 Å². The zero-order valence-electron chi connectivity index (χ0n) is 13.7. The van der Waals surface area contributed by atoms with Crippen LogP contribution in [0.15, 0.2) is 48.6 Å². The first-order chi connectivity index (χ1) is 11.9. The number of carboxylic acid groups (broad SMARTS) is 1. The maximum atomic E-state index is 14.4. The van der Waals surface area contributed by atoms with Gasteiger partial charge in [-0.25, -0.2) is 4.39 Å². The van der Waals surface area contributed by atoms with Gasteiger partial charge < -0.3 is 14.7 Å². The third kappa shape index (κ3) is 2.03. The van der Waals surface area contributed by atoms with Crippen molar-refractivity contribution in [2.45, 2.75) is 31.1 Å².